The zero-order valence-corrected chi connectivity index (χ0v) is 20.1. The topological polar surface area (TPSA) is 66.0 Å². The number of carbonyl (C=O) groups is 1. The smallest absolute Gasteiger partial charge is 0.253 e. The third-order valence-electron chi connectivity index (χ3n) is 4.34. The Balaban J connectivity index is 0.00000450. The number of nitrogens with one attached hydrogen (secondary N) is 2. The summed E-state index contributed by atoms with van der Waals surface area (Å²) in [5.41, 5.74) is 1.69. The molecular formula is C22H30FIN4O2. The van der Waals surface area contributed by atoms with Gasteiger partial charge in [-0.3, -0.25) is 9.79 Å². The van der Waals surface area contributed by atoms with Crippen molar-refractivity contribution in [1.29, 1.82) is 0 Å². The van der Waals surface area contributed by atoms with Crippen LogP contribution in [0.4, 0.5) is 4.39 Å². The first-order valence-electron chi connectivity index (χ1n) is 9.60. The Morgan fingerprint density at radius 1 is 1.17 bits per heavy atom. The molecule has 2 N–H and O–H groups in total. The third-order valence-corrected chi connectivity index (χ3v) is 4.34. The lowest BCUT2D eigenvalue weighted by Gasteiger charge is -2.20. The highest BCUT2D eigenvalue weighted by atomic mass is 127. The Hall–Kier alpha value is -2.36. The summed E-state index contributed by atoms with van der Waals surface area (Å²) < 4.78 is 19.2. The SMILES string of the molecule is CCC(CNC(=NC)NCc1ccc(C(=O)N(C)C)cc1)Oc1cccc(F)c1.I. The number of hydrogen-bond acceptors (Lipinski definition) is 3. The molecule has 8 heteroatoms. The van der Waals surface area contributed by atoms with Gasteiger partial charge in [0.15, 0.2) is 5.96 Å². The van der Waals surface area contributed by atoms with Crippen molar-refractivity contribution in [2.24, 2.45) is 4.99 Å². The van der Waals surface area contributed by atoms with Gasteiger partial charge in [-0.2, -0.15) is 0 Å². The zero-order valence-electron chi connectivity index (χ0n) is 17.8. The number of amides is 1. The molecular weight excluding hydrogens is 498 g/mol. The standard InChI is InChI=1S/C22H29FN4O2.HI/c1-5-19(29-20-8-6-7-18(23)13-20)15-26-22(24-2)25-14-16-9-11-17(12-10-16)21(28)27(3)4;/h6-13,19H,5,14-15H2,1-4H3,(H2,24,25,26);1H. The monoisotopic (exact) mass is 528 g/mol. The molecule has 164 valence electrons. The van der Waals surface area contributed by atoms with E-state index < -0.39 is 0 Å². The van der Waals surface area contributed by atoms with Crippen molar-refractivity contribution in [1.82, 2.24) is 15.5 Å². The highest BCUT2D eigenvalue weighted by molar-refractivity contribution is 14.0. The molecule has 0 aliphatic carbocycles. The average molecular weight is 528 g/mol. The van der Waals surface area contributed by atoms with E-state index in [0.717, 1.165) is 12.0 Å². The zero-order chi connectivity index (χ0) is 21.2. The van der Waals surface area contributed by atoms with E-state index in [9.17, 15) is 9.18 Å². The molecule has 1 amide bonds. The Labute approximate surface area is 194 Å². The molecule has 0 heterocycles. The lowest BCUT2D eigenvalue weighted by Crippen LogP contribution is -2.42. The highest BCUT2D eigenvalue weighted by Crippen LogP contribution is 2.14. The van der Waals surface area contributed by atoms with Crippen molar-refractivity contribution in [3.05, 3.63) is 65.5 Å². The second kappa shape index (κ2) is 13.0. The molecule has 0 aromatic heterocycles. The van der Waals surface area contributed by atoms with Gasteiger partial charge in [0.05, 0.1) is 6.54 Å². The van der Waals surface area contributed by atoms with Crippen LogP contribution in [0.15, 0.2) is 53.5 Å². The van der Waals surface area contributed by atoms with E-state index in [4.69, 9.17) is 4.74 Å². The van der Waals surface area contributed by atoms with E-state index in [0.29, 0.717) is 30.4 Å². The molecule has 2 aromatic rings. The van der Waals surface area contributed by atoms with Gasteiger partial charge in [-0.25, -0.2) is 4.39 Å². The lowest BCUT2D eigenvalue weighted by molar-refractivity contribution is 0.0827. The van der Waals surface area contributed by atoms with E-state index in [-0.39, 0.29) is 41.8 Å². The Bertz CT molecular complexity index is 828. The third kappa shape index (κ3) is 8.17. The average Bonchev–Trinajstić information content (AvgIpc) is 2.72. The number of hydrogen-bond donors (Lipinski definition) is 2. The van der Waals surface area contributed by atoms with Crippen LogP contribution in [0, 0.1) is 5.82 Å². The summed E-state index contributed by atoms with van der Waals surface area (Å²) in [7, 11) is 5.16. The van der Waals surface area contributed by atoms with Crippen molar-refractivity contribution in [3.8, 4) is 5.75 Å². The van der Waals surface area contributed by atoms with E-state index in [2.05, 4.69) is 15.6 Å². The fourth-order valence-corrected chi connectivity index (χ4v) is 2.64. The number of halogens is 2. The van der Waals surface area contributed by atoms with Crippen LogP contribution >= 0.6 is 24.0 Å². The second-order valence-electron chi connectivity index (χ2n) is 6.81. The van der Waals surface area contributed by atoms with Gasteiger partial charge in [0.1, 0.15) is 17.7 Å². The maximum Gasteiger partial charge on any atom is 0.253 e. The molecule has 0 bridgehead atoms. The molecule has 1 unspecified atom stereocenters. The van der Waals surface area contributed by atoms with Gasteiger partial charge in [0.2, 0.25) is 0 Å². The number of aliphatic imine (C=N–C) groups is 1. The Morgan fingerprint density at radius 2 is 1.87 bits per heavy atom. The summed E-state index contributed by atoms with van der Waals surface area (Å²) in [5.74, 6) is 0.806. The number of rotatable bonds is 8. The van der Waals surface area contributed by atoms with Crippen molar-refractivity contribution in [2.75, 3.05) is 27.7 Å². The van der Waals surface area contributed by atoms with Crippen LogP contribution in [0.25, 0.3) is 0 Å². The summed E-state index contributed by atoms with van der Waals surface area (Å²) in [5, 5.41) is 6.47. The molecule has 0 radical (unpaired) electrons. The van der Waals surface area contributed by atoms with E-state index in [1.165, 1.54) is 12.1 Å². The van der Waals surface area contributed by atoms with Crippen LogP contribution in [0.3, 0.4) is 0 Å². The van der Waals surface area contributed by atoms with Gasteiger partial charge in [-0.05, 0) is 36.2 Å². The minimum Gasteiger partial charge on any atom is -0.489 e. The van der Waals surface area contributed by atoms with Gasteiger partial charge in [-0.15, -0.1) is 24.0 Å². The van der Waals surface area contributed by atoms with Gasteiger partial charge in [0, 0.05) is 39.3 Å². The molecule has 0 spiro atoms. The first-order chi connectivity index (χ1) is 13.9. The summed E-state index contributed by atoms with van der Waals surface area (Å²) >= 11 is 0. The lowest BCUT2D eigenvalue weighted by atomic mass is 10.1. The van der Waals surface area contributed by atoms with E-state index >= 15 is 0 Å². The fraction of sp³-hybridized carbons (Fsp3) is 0.364. The van der Waals surface area contributed by atoms with Crippen molar-refractivity contribution in [3.63, 3.8) is 0 Å². The Morgan fingerprint density at radius 3 is 2.43 bits per heavy atom. The van der Waals surface area contributed by atoms with Crippen LogP contribution in [0.5, 0.6) is 5.75 Å². The van der Waals surface area contributed by atoms with Crippen molar-refractivity contribution >= 4 is 35.8 Å². The molecule has 0 aliphatic heterocycles. The number of nitrogens with zero attached hydrogens (tertiary/aromatic N) is 2. The minimum absolute atomic E-state index is 0. The summed E-state index contributed by atoms with van der Waals surface area (Å²) in [4.78, 5) is 17.7. The quantitative estimate of drug-likeness (QED) is 0.312. The second-order valence-corrected chi connectivity index (χ2v) is 6.81. The molecule has 30 heavy (non-hydrogen) atoms. The normalized spacial score (nSPS) is 11.8. The molecule has 0 fully saturated rings. The highest BCUT2D eigenvalue weighted by Gasteiger charge is 2.11. The van der Waals surface area contributed by atoms with E-state index in [1.807, 2.05) is 31.2 Å². The fourth-order valence-electron chi connectivity index (χ4n) is 2.64. The number of guanidine groups is 1. The molecule has 0 aliphatic rings. The van der Waals surface area contributed by atoms with Crippen molar-refractivity contribution < 1.29 is 13.9 Å². The summed E-state index contributed by atoms with van der Waals surface area (Å²) in [6.45, 7) is 3.11. The van der Waals surface area contributed by atoms with Crippen LogP contribution in [-0.2, 0) is 6.54 Å². The first-order valence-corrected chi connectivity index (χ1v) is 9.60. The van der Waals surface area contributed by atoms with Crippen LogP contribution in [0.1, 0.15) is 29.3 Å². The van der Waals surface area contributed by atoms with Crippen LogP contribution in [-0.4, -0.2) is 50.6 Å². The predicted octanol–water partition coefficient (Wildman–Crippen LogP) is 3.67. The minimum atomic E-state index is -0.318. The molecule has 6 nitrogen and oxygen atoms in total. The van der Waals surface area contributed by atoms with E-state index in [1.54, 1.807) is 38.2 Å². The van der Waals surface area contributed by atoms with Crippen LogP contribution in [0.2, 0.25) is 0 Å². The predicted molar refractivity (Wildman–Crippen MR) is 129 cm³/mol. The summed E-state index contributed by atoms with van der Waals surface area (Å²) in [6.07, 6.45) is 0.647. The Kier molecular flexibility index (Phi) is 11.2. The molecule has 1 atom stereocenters. The number of ether oxygens (including phenoxy) is 1. The molecule has 0 saturated carbocycles. The molecule has 0 saturated heterocycles. The maximum atomic E-state index is 13.3. The van der Waals surface area contributed by atoms with Crippen molar-refractivity contribution in [2.45, 2.75) is 26.0 Å². The molecule has 2 rings (SSSR count). The van der Waals surface area contributed by atoms with Gasteiger partial charge in [-0.1, -0.05) is 25.1 Å². The largest absolute Gasteiger partial charge is 0.489 e. The molecule has 2 aromatic carbocycles. The first kappa shape index (κ1) is 25.7. The van der Waals surface area contributed by atoms with Crippen LogP contribution < -0.4 is 15.4 Å². The number of benzene rings is 2. The van der Waals surface area contributed by atoms with Gasteiger partial charge in [0.25, 0.3) is 5.91 Å². The van der Waals surface area contributed by atoms with Gasteiger partial charge < -0.3 is 20.3 Å². The summed E-state index contributed by atoms with van der Waals surface area (Å²) in [6, 6.07) is 13.6. The number of carbonyl (C=O) groups excluding carboxylic acids is 1. The maximum absolute atomic E-state index is 13.3. The van der Waals surface area contributed by atoms with Gasteiger partial charge >= 0.3 is 0 Å².